The van der Waals surface area contributed by atoms with Crippen molar-refractivity contribution in [1.82, 2.24) is 6.15 Å². The third-order valence-corrected chi connectivity index (χ3v) is 4.77. The van der Waals surface area contributed by atoms with E-state index < -0.39 is 0 Å². The van der Waals surface area contributed by atoms with Crippen LogP contribution in [0.3, 0.4) is 0 Å². The molecule has 0 aromatic carbocycles. The smallest absolute Gasteiger partial charge is 0.305 e. The van der Waals surface area contributed by atoms with Gasteiger partial charge in [-0.2, -0.15) is 0 Å². The number of hydrogen-bond acceptors (Lipinski definition) is 4. The molecule has 0 rings (SSSR count). The topological polar surface area (TPSA) is 70.5 Å². The number of hydrogen-bond donors (Lipinski definition) is 1. The minimum atomic E-state index is -0.0652. The highest BCUT2D eigenvalue weighted by Crippen LogP contribution is 2.13. The van der Waals surface area contributed by atoms with E-state index in [9.17, 15) is 4.79 Å². The van der Waals surface area contributed by atoms with Gasteiger partial charge >= 0.3 is 5.97 Å². The Morgan fingerprint density at radius 1 is 0.704 bits per heavy atom. The summed E-state index contributed by atoms with van der Waals surface area (Å²) in [5, 5.41) is 0. The van der Waals surface area contributed by atoms with Crippen LogP contribution in [0.15, 0.2) is 0 Å². The van der Waals surface area contributed by atoms with Gasteiger partial charge in [0.1, 0.15) is 0 Å². The summed E-state index contributed by atoms with van der Waals surface area (Å²) in [5.41, 5.74) is 0. The second kappa shape index (κ2) is 25.4. The van der Waals surface area contributed by atoms with Crippen LogP contribution >= 0.6 is 0 Å². The number of unbranched alkanes of at least 4 members (excludes halogenated alkanes) is 14. The predicted molar refractivity (Wildman–Crippen MR) is 116 cm³/mol. The minimum Gasteiger partial charge on any atom is -0.466 e. The molecule has 0 bridgehead atoms. The van der Waals surface area contributed by atoms with Crippen molar-refractivity contribution >= 4 is 5.97 Å². The molecule has 0 aromatic heterocycles. The van der Waals surface area contributed by atoms with Gasteiger partial charge in [0.05, 0.1) is 13.2 Å². The molecule has 0 saturated heterocycles. The molecule has 0 unspecified atom stereocenters. The molecule has 0 amide bonds. The highest BCUT2D eigenvalue weighted by Gasteiger charge is 2.02. The molecule has 27 heavy (non-hydrogen) atoms. The summed E-state index contributed by atoms with van der Waals surface area (Å²) in [6.45, 7) is 7.05. The second-order valence-corrected chi connectivity index (χ2v) is 7.33. The number of carbonyl (C=O) groups is 1. The Labute approximate surface area is 169 Å². The van der Waals surface area contributed by atoms with Crippen molar-refractivity contribution < 1.29 is 14.3 Å². The molecule has 0 spiro atoms. The number of ether oxygens (including phenoxy) is 2. The number of rotatable bonds is 21. The van der Waals surface area contributed by atoms with Gasteiger partial charge in [-0.25, -0.2) is 0 Å². The third kappa shape index (κ3) is 25.4. The van der Waals surface area contributed by atoms with Gasteiger partial charge in [0, 0.05) is 19.4 Å². The van der Waals surface area contributed by atoms with Crippen molar-refractivity contribution in [3.63, 3.8) is 0 Å². The van der Waals surface area contributed by atoms with Gasteiger partial charge in [0.25, 0.3) is 0 Å². The SMILES string of the molecule is CCCCCCCCCCCCCCCCCC(=O)OCC[CH]OCC.N. The summed E-state index contributed by atoms with van der Waals surface area (Å²) >= 11 is 0. The van der Waals surface area contributed by atoms with Crippen LogP contribution in [-0.2, 0) is 14.3 Å². The van der Waals surface area contributed by atoms with E-state index in [4.69, 9.17) is 9.47 Å². The van der Waals surface area contributed by atoms with Gasteiger partial charge in [-0.1, -0.05) is 96.8 Å². The molecule has 0 heterocycles. The molecule has 0 aliphatic heterocycles. The second-order valence-electron chi connectivity index (χ2n) is 7.33. The van der Waals surface area contributed by atoms with Gasteiger partial charge in [0.15, 0.2) is 0 Å². The van der Waals surface area contributed by atoms with Crippen molar-refractivity contribution in [3.8, 4) is 0 Å². The van der Waals surface area contributed by atoms with E-state index in [1.54, 1.807) is 6.61 Å². The zero-order valence-electron chi connectivity index (χ0n) is 18.4. The molecule has 163 valence electrons. The summed E-state index contributed by atoms with van der Waals surface area (Å²) in [6, 6.07) is 0. The standard InChI is InChI=1S/C23H45O3.H3N/c1-3-5-6-7-8-9-10-11-12-13-14-15-16-17-18-20-23(24)26-22-19-21-25-4-2;/h21H,3-20,22H2,1-2H3;1H3. The van der Waals surface area contributed by atoms with Crippen LogP contribution in [0.1, 0.15) is 123 Å². The predicted octanol–water partition coefficient (Wildman–Crippen LogP) is 7.54. The van der Waals surface area contributed by atoms with Crippen LogP contribution in [0.4, 0.5) is 0 Å². The van der Waals surface area contributed by atoms with Crippen LogP contribution in [0.25, 0.3) is 0 Å². The van der Waals surface area contributed by atoms with E-state index >= 15 is 0 Å². The van der Waals surface area contributed by atoms with Gasteiger partial charge in [0.2, 0.25) is 0 Å². The molecule has 0 aliphatic rings. The average molecular weight is 387 g/mol. The summed E-state index contributed by atoms with van der Waals surface area (Å²) in [6.07, 6.45) is 21.4. The molecule has 3 N–H and O–H groups in total. The van der Waals surface area contributed by atoms with Crippen molar-refractivity contribution in [3.05, 3.63) is 6.61 Å². The van der Waals surface area contributed by atoms with Gasteiger partial charge in [-0.15, -0.1) is 0 Å². The van der Waals surface area contributed by atoms with Crippen LogP contribution in [0.2, 0.25) is 0 Å². The zero-order chi connectivity index (χ0) is 19.1. The van der Waals surface area contributed by atoms with Crippen LogP contribution in [0, 0.1) is 6.61 Å². The zero-order valence-corrected chi connectivity index (χ0v) is 18.4. The molecule has 1 radical (unpaired) electrons. The fourth-order valence-electron chi connectivity index (χ4n) is 3.13. The highest BCUT2D eigenvalue weighted by molar-refractivity contribution is 5.69. The van der Waals surface area contributed by atoms with Crippen molar-refractivity contribution in [2.24, 2.45) is 0 Å². The first-order chi connectivity index (χ1) is 12.8. The largest absolute Gasteiger partial charge is 0.466 e. The Morgan fingerprint density at radius 3 is 1.59 bits per heavy atom. The molecular formula is C23H48NO3. The Morgan fingerprint density at radius 2 is 1.15 bits per heavy atom. The van der Waals surface area contributed by atoms with E-state index in [0.29, 0.717) is 26.1 Å². The Hall–Kier alpha value is -0.610. The lowest BCUT2D eigenvalue weighted by molar-refractivity contribution is -0.143. The van der Waals surface area contributed by atoms with E-state index in [1.165, 1.54) is 83.5 Å². The third-order valence-electron chi connectivity index (χ3n) is 4.77. The van der Waals surface area contributed by atoms with E-state index in [2.05, 4.69) is 6.92 Å². The van der Waals surface area contributed by atoms with Crippen LogP contribution in [-0.4, -0.2) is 19.2 Å². The molecule has 4 nitrogen and oxygen atoms in total. The lowest BCUT2D eigenvalue weighted by Gasteiger charge is -2.05. The summed E-state index contributed by atoms with van der Waals surface area (Å²) < 4.78 is 10.2. The van der Waals surface area contributed by atoms with Gasteiger partial charge in [-0.05, 0) is 13.3 Å². The van der Waals surface area contributed by atoms with Crippen molar-refractivity contribution in [1.29, 1.82) is 0 Å². The lowest BCUT2D eigenvalue weighted by Crippen LogP contribution is -2.06. The number of esters is 1. The molecule has 0 saturated carbocycles. The van der Waals surface area contributed by atoms with Crippen LogP contribution in [0.5, 0.6) is 0 Å². The molecule has 4 heteroatoms. The van der Waals surface area contributed by atoms with E-state index in [0.717, 1.165) is 12.8 Å². The summed E-state index contributed by atoms with van der Waals surface area (Å²) in [5.74, 6) is -0.0652. The quantitative estimate of drug-likeness (QED) is 0.163. The molecule has 0 fully saturated rings. The minimum absolute atomic E-state index is 0. The maximum Gasteiger partial charge on any atom is 0.305 e. The Balaban J connectivity index is 0. The lowest BCUT2D eigenvalue weighted by atomic mass is 10.0. The van der Waals surface area contributed by atoms with Crippen molar-refractivity contribution in [2.45, 2.75) is 123 Å². The summed E-state index contributed by atoms with van der Waals surface area (Å²) in [7, 11) is 0. The monoisotopic (exact) mass is 386 g/mol. The fourth-order valence-corrected chi connectivity index (χ4v) is 3.13. The molecule has 0 aromatic rings. The van der Waals surface area contributed by atoms with Gasteiger partial charge in [-0.3, -0.25) is 4.79 Å². The first-order valence-corrected chi connectivity index (χ1v) is 11.4. The first kappa shape index (κ1) is 28.6. The molecule has 0 aliphatic carbocycles. The van der Waals surface area contributed by atoms with E-state index in [-0.39, 0.29) is 12.1 Å². The number of carbonyl (C=O) groups excluding carboxylic acids is 1. The average Bonchev–Trinajstić information content (AvgIpc) is 2.64. The molecule has 0 atom stereocenters. The van der Waals surface area contributed by atoms with Crippen LogP contribution < -0.4 is 6.15 Å². The maximum atomic E-state index is 11.5. The maximum absolute atomic E-state index is 11.5. The molecular weight excluding hydrogens is 338 g/mol. The Bertz CT molecular complexity index is 285. The van der Waals surface area contributed by atoms with E-state index in [1.807, 2.05) is 6.92 Å². The first-order valence-electron chi connectivity index (χ1n) is 11.4. The van der Waals surface area contributed by atoms with Gasteiger partial charge < -0.3 is 15.6 Å². The fraction of sp³-hybridized carbons (Fsp3) is 0.913. The highest BCUT2D eigenvalue weighted by atomic mass is 16.5. The summed E-state index contributed by atoms with van der Waals surface area (Å²) in [4.78, 5) is 11.5. The normalized spacial score (nSPS) is 10.6. The van der Waals surface area contributed by atoms with Crippen molar-refractivity contribution in [2.75, 3.05) is 13.2 Å². The Kier molecular flexibility index (Phi) is 26.9.